The molecule has 7 heteroatoms. The van der Waals surface area contributed by atoms with Gasteiger partial charge in [-0.25, -0.2) is 4.79 Å². The van der Waals surface area contributed by atoms with Crippen LogP contribution in [-0.2, 0) is 9.53 Å². The number of carbonyl (C=O) groups excluding carboxylic acids is 2. The van der Waals surface area contributed by atoms with Gasteiger partial charge in [-0.2, -0.15) is 5.10 Å². The predicted molar refractivity (Wildman–Crippen MR) is 86.9 cm³/mol. The van der Waals surface area contributed by atoms with E-state index in [1.165, 1.54) is 4.90 Å². The van der Waals surface area contributed by atoms with Crippen LogP contribution < -0.4 is 10.2 Å². The van der Waals surface area contributed by atoms with Gasteiger partial charge >= 0.3 is 6.09 Å². The maximum absolute atomic E-state index is 12.1. The van der Waals surface area contributed by atoms with Gasteiger partial charge in [0, 0.05) is 25.9 Å². The number of nitrogens with zero attached hydrogens (tertiary/aromatic N) is 2. The molecular weight excluding hydrogens is 298 g/mol. The highest BCUT2D eigenvalue weighted by molar-refractivity contribution is 6.40. The summed E-state index contributed by atoms with van der Waals surface area (Å²) in [6, 6.07) is 7.24. The normalized spacial score (nSPS) is 16.9. The number of amides is 1. The molecule has 0 saturated carbocycles. The van der Waals surface area contributed by atoms with Crippen molar-refractivity contribution in [2.45, 2.75) is 19.8 Å². The van der Waals surface area contributed by atoms with Gasteiger partial charge in [-0.05, 0) is 31.2 Å². The number of hydrogen-bond acceptors (Lipinski definition) is 6. The minimum absolute atomic E-state index is 0.0576. The lowest BCUT2D eigenvalue weighted by Gasteiger charge is -2.18. The molecule has 0 bridgehead atoms. The molecule has 0 aliphatic carbocycles. The van der Waals surface area contributed by atoms with Crippen LogP contribution in [0.5, 0.6) is 5.75 Å². The molecule has 124 valence electrons. The molecule has 1 N–H and O–H groups in total. The van der Waals surface area contributed by atoms with Crippen molar-refractivity contribution in [1.29, 1.82) is 0 Å². The van der Waals surface area contributed by atoms with Crippen molar-refractivity contribution in [3.05, 3.63) is 24.3 Å². The molecule has 0 radical (unpaired) electrons. The van der Waals surface area contributed by atoms with Crippen LogP contribution in [-0.4, -0.2) is 49.3 Å². The Labute approximate surface area is 135 Å². The molecule has 1 heterocycles. The fourth-order valence-electron chi connectivity index (χ4n) is 2.19. The number of methoxy groups -OCH3 is 1. The Morgan fingerprint density at radius 2 is 1.96 bits per heavy atom. The smallest absolute Gasteiger partial charge is 0.409 e. The van der Waals surface area contributed by atoms with Crippen molar-refractivity contribution in [2.75, 3.05) is 32.2 Å². The highest BCUT2D eigenvalue weighted by Crippen LogP contribution is 2.15. The molecule has 0 aromatic heterocycles. The molecule has 23 heavy (non-hydrogen) atoms. The monoisotopic (exact) mass is 319 g/mol. The third kappa shape index (κ3) is 4.70. The SMILES string of the molecule is CCOC(=O)N1CCC(=O)/C(=N/Nc2ccc(OC)cc2)CC1. The number of ketones is 1. The van der Waals surface area contributed by atoms with E-state index in [9.17, 15) is 9.59 Å². The molecule has 0 atom stereocenters. The molecule has 1 amide bonds. The van der Waals surface area contributed by atoms with Crippen LogP contribution >= 0.6 is 0 Å². The van der Waals surface area contributed by atoms with E-state index in [4.69, 9.17) is 9.47 Å². The zero-order valence-corrected chi connectivity index (χ0v) is 13.4. The summed E-state index contributed by atoms with van der Waals surface area (Å²) < 4.78 is 10.1. The Bertz CT molecular complexity index is 583. The number of hydrazone groups is 1. The summed E-state index contributed by atoms with van der Waals surface area (Å²) in [6.45, 7) is 2.86. The van der Waals surface area contributed by atoms with Crippen molar-refractivity contribution in [3.8, 4) is 5.75 Å². The number of benzene rings is 1. The first-order chi connectivity index (χ1) is 11.1. The Hall–Kier alpha value is -2.57. The molecule has 1 saturated heterocycles. The third-order valence-corrected chi connectivity index (χ3v) is 3.49. The summed E-state index contributed by atoms with van der Waals surface area (Å²) in [6.07, 6.45) is 0.271. The van der Waals surface area contributed by atoms with Crippen molar-refractivity contribution in [3.63, 3.8) is 0 Å². The molecule has 1 aliphatic heterocycles. The van der Waals surface area contributed by atoms with Crippen molar-refractivity contribution >= 4 is 23.3 Å². The summed E-state index contributed by atoms with van der Waals surface area (Å²) in [5, 5.41) is 4.19. The van der Waals surface area contributed by atoms with Crippen molar-refractivity contribution in [2.24, 2.45) is 5.10 Å². The first-order valence-electron chi connectivity index (χ1n) is 7.55. The maximum atomic E-state index is 12.1. The van der Waals surface area contributed by atoms with Gasteiger partial charge < -0.3 is 14.4 Å². The van der Waals surface area contributed by atoms with Gasteiger partial charge in [0.2, 0.25) is 0 Å². The molecule has 1 aromatic carbocycles. The summed E-state index contributed by atoms with van der Waals surface area (Å²) >= 11 is 0. The average molecular weight is 319 g/mol. The number of rotatable bonds is 4. The zero-order valence-electron chi connectivity index (χ0n) is 13.4. The topological polar surface area (TPSA) is 80.2 Å². The summed E-state index contributed by atoms with van der Waals surface area (Å²) in [5.74, 6) is 0.691. The average Bonchev–Trinajstić information content (AvgIpc) is 2.75. The number of nitrogens with one attached hydrogen (secondary N) is 1. The van der Waals surface area contributed by atoms with Crippen LogP contribution in [0.2, 0.25) is 0 Å². The number of Topliss-reactive ketones (excluding diaryl/α,β-unsaturated/α-hetero) is 1. The van der Waals surface area contributed by atoms with Crippen molar-refractivity contribution in [1.82, 2.24) is 4.90 Å². The van der Waals surface area contributed by atoms with E-state index in [2.05, 4.69) is 10.5 Å². The van der Waals surface area contributed by atoms with E-state index in [-0.39, 0.29) is 18.3 Å². The van der Waals surface area contributed by atoms with E-state index < -0.39 is 0 Å². The van der Waals surface area contributed by atoms with Crippen LogP contribution in [0.25, 0.3) is 0 Å². The van der Waals surface area contributed by atoms with Crippen LogP contribution in [0.1, 0.15) is 19.8 Å². The van der Waals surface area contributed by atoms with Crippen molar-refractivity contribution < 1.29 is 19.1 Å². The summed E-state index contributed by atoms with van der Waals surface area (Å²) in [4.78, 5) is 25.4. The van der Waals surface area contributed by atoms with E-state index in [1.54, 1.807) is 26.2 Å². The fourth-order valence-corrected chi connectivity index (χ4v) is 2.19. The minimum atomic E-state index is -0.385. The standard InChI is InChI=1S/C16H21N3O4/c1-3-23-16(21)19-10-8-14(15(20)9-11-19)18-17-12-4-6-13(22-2)7-5-12/h4-7,17H,3,8-11H2,1-2H3/b18-14+. The second kappa shape index (κ2) is 8.17. The fraction of sp³-hybridized carbons (Fsp3) is 0.438. The number of carbonyl (C=O) groups is 2. The molecule has 0 unspecified atom stereocenters. The Morgan fingerprint density at radius 1 is 1.26 bits per heavy atom. The van der Waals surface area contributed by atoms with Crippen LogP contribution in [0.4, 0.5) is 10.5 Å². The van der Waals surface area contributed by atoms with Gasteiger partial charge in [-0.15, -0.1) is 0 Å². The van der Waals surface area contributed by atoms with Gasteiger partial charge in [-0.1, -0.05) is 0 Å². The number of hydrogen-bond donors (Lipinski definition) is 1. The largest absolute Gasteiger partial charge is 0.497 e. The first-order valence-corrected chi connectivity index (χ1v) is 7.55. The van der Waals surface area contributed by atoms with E-state index >= 15 is 0 Å². The Morgan fingerprint density at radius 3 is 2.61 bits per heavy atom. The minimum Gasteiger partial charge on any atom is -0.497 e. The molecule has 1 aliphatic rings. The highest BCUT2D eigenvalue weighted by atomic mass is 16.6. The lowest BCUT2D eigenvalue weighted by atomic mass is 10.1. The van der Waals surface area contributed by atoms with Gasteiger partial charge in [0.1, 0.15) is 11.5 Å². The third-order valence-electron chi connectivity index (χ3n) is 3.49. The predicted octanol–water partition coefficient (Wildman–Crippen LogP) is 2.28. The molecule has 1 aromatic rings. The quantitative estimate of drug-likeness (QED) is 0.861. The molecule has 7 nitrogen and oxygen atoms in total. The number of likely N-dealkylation sites (tertiary alicyclic amines) is 1. The molecule has 2 rings (SSSR count). The number of ether oxygens (including phenoxy) is 2. The number of anilines is 1. The lowest BCUT2D eigenvalue weighted by Crippen LogP contribution is -2.32. The lowest BCUT2D eigenvalue weighted by molar-refractivity contribution is -0.113. The molecular formula is C16H21N3O4. The van der Waals surface area contributed by atoms with Crippen LogP contribution in [0.15, 0.2) is 29.4 Å². The highest BCUT2D eigenvalue weighted by Gasteiger charge is 2.23. The summed E-state index contributed by atoms with van der Waals surface area (Å²) in [5.41, 5.74) is 4.07. The second-order valence-electron chi connectivity index (χ2n) is 5.01. The first kappa shape index (κ1) is 16.8. The van der Waals surface area contributed by atoms with E-state index in [0.717, 1.165) is 11.4 Å². The molecule has 1 fully saturated rings. The Balaban J connectivity index is 1.98. The van der Waals surface area contributed by atoms with Crippen LogP contribution in [0, 0.1) is 0 Å². The molecule has 0 spiro atoms. The van der Waals surface area contributed by atoms with Gasteiger partial charge in [0.25, 0.3) is 0 Å². The van der Waals surface area contributed by atoms with Gasteiger partial charge in [0.15, 0.2) is 5.78 Å². The van der Waals surface area contributed by atoms with E-state index in [1.807, 2.05) is 12.1 Å². The Kier molecular flexibility index (Phi) is 5.96. The summed E-state index contributed by atoms with van der Waals surface area (Å²) in [7, 11) is 1.60. The van der Waals surface area contributed by atoms with Crippen LogP contribution in [0.3, 0.4) is 0 Å². The maximum Gasteiger partial charge on any atom is 0.409 e. The van der Waals surface area contributed by atoms with Gasteiger partial charge in [-0.3, -0.25) is 10.2 Å². The second-order valence-corrected chi connectivity index (χ2v) is 5.01. The van der Waals surface area contributed by atoms with Gasteiger partial charge in [0.05, 0.1) is 19.4 Å². The zero-order chi connectivity index (χ0) is 16.7. The van der Waals surface area contributed by atoms with E-state index in [0.29, 0.717) is 31.8 Å².